The van der Waals surface area contributed by atoms with Gasteiger partial charge in [0.1, 0.15) is 6.61 Å². The second-order valence-corrected chi connectivity index (χ2v) is 4.86. The molecule has 1 rings (SSSR count). The molecule has 1 saturated heterocycles. The molecule has 1 aliphatic rings. The molecule has 1 amide bonds. The van der Waals surface area contributed by atoms with E-state index in [0.29, 0.717) is 6.61 Å². The van der Waals surface area contributed by atoms with Gasteiger partial charge in [-0.15, -0.1) is 0 Å². The summed E-state index contributed by atoms with van der Waals surface area (Å²) < 4.78 is 43.8. The molecule has 1 aliphatic heterocycles. The maximum atomic E-state index is 12.9. The molecule has 1 atom stereocenters. The van der Waals surface area contributed by atoms with Gasteiger partial charge in [0, 0.05) is 19.7 Å². The molecule has 1 heterocycles. The summed E-state index contributed by atoms with van der Waals surface area (Å²) in [6, 6.07) is 0. The molecule has 0 aromatic carbocycles. The van der Waals surface area contributed by atoms with E-state index in [9.17, 15) is 22.8 Å². The van der Waals surface area contributed by atoms with Gasteiger partial charge in [0.15, 0.2) is 5.41 Å². The van der Waals surface area contributed by atoms with Crippen LogP contribution in [0.25, 0.3) is 0 Å². The van der Waals surface area contributed by atoms with Gasteiger partial charge in [-0.05, 0) is 12.8 Å². The van der Waals surface area contributed by atoms with Gasteiger partial charge in [0.25, 0.3) is 0 Å². The van der Waals surface area contributed by atoms with Gasteiger partial charge in [-0.25, -0.2) is 0 Å². The first-order valence-electron chi connectivity index (χ1n) is 6.40. The molecule has 8 heteroatoms. The number of carbonyl (C=O) groups is 2. The zero-order valence-electron chi connectivity index (χ0n) is 11.2. The predicted molar refractivity (Wildman–Crippen MR) is 63.0 cm³/mol. The molecule has 5 nitrogen and oxygen atoms in total. The van der Waals surface area contributed by atoms with Gasteiger partial charge < -0.3 is 14.7 Å². The molecule has 1 N–H and O–H groups in total. The number of ether oxygens (including phenoxy) is 1. The van der Waals surface area contributed by atoms with Crippen molar-refractivity contribution in [2.75, 3.05) is 26.3 Å². The van der Waals surface area contributed by atoms with E-state index in [-0.39, 0.29) is 13.2 Å². The summed E-state index contributed by atoms with van der Waals surface area (Å²) in [6.45, 7) is 0.923. The Bertz CT molecular complexity index is 372. The Kier molecular flexibility index (Phi) is 5.38. The summed E-state index contributed by atoms with van der Waals surface area (Å²) in [5.41, 5.74) is -2.86. The number of hydrogen-bond acceptors (Lipinski definition) is 3. The van der Waals surface area contributed by atoms with Crippen LogP contribution in [0, 0.1) is 5.41 Å². The smallest absolute Gasteiger partial charge is 0.406 e. The lowest BCUT2D eigenvalue weighted by Crippen LogP contribution is -2.48. The van der Waals surface area contributed by atoms with Gasteiger partial charge in [-0.1, -0.05) is 13.3 Å². The highest BCUT2D eigenvalue weighted by Gasteiger charge is 2.64. The van der Waals surface area contributed by atoms with Crippen LogP contribution in [0.1, 0.15) is 26.2 Å². The minimum atomic E-state index is -4.88. The summed E-state index contributed by atoms with van der Waals surface area (Å²) in [7, 11) is 0. The van der Waals surface area contributed by atoms with Crippen molar-refractivity contribution in [3.05, 3.63) is 0 Å². The van der Waals surface area contributed by atoms with Gasteiger partial charge in [0.05, 0.1) is 0 Å². The first kappa shape index (κ1) is 16.7. The summed E-state index contributed by atoms with van der Waals surface area (Å²) in [6.07, 6.45) is -3.85. The molecular weight excluding hydrogens is 279 g/mol. The first-order chi connectivity index (χ1) is 9.24. The van der Waals surface area contributed by atoms with Crippen molar-refractivity contribution in [1.29, 1.82) is 0 Å². The van der Waals surface area contributed by atoms with Crippen LogP contribution in [-0.2, 0) is 14.3 Å². The number of aliphatic carboxylic acids is 1. The quantitative estimate of drug-likeness (QED) is 0.757. The van der Waals surface area contributed by atoms with Crippen LogP contribution in [0.4, 0.5) is 13.2 Å². The number of carboxylic acid groups (broad SMARTS) is 1. The molecule has 1 fully saturated rings. The topological polar surface area (TPSA) is 66.8 Å². The average molecular weight is 297 g/mol. The molecule has 1 unspecified atom stereocenters. The van der Waals surface area contributed by atoms with Crippen LogP contribution in [0.3, 0.4) is 0 Å². The van der Waals surface area contributed by atoms with Crippen LogP contribution in [0.2, 0.25) is 0 Å². The molecule has 0 saturated carbocycles. The second-order valence-electron chi connectivity index (χ2n) is 4.86. The third-order valence-corrected chi connectivity index (χ3v) is 3.44. The van der Waals surface area contributed by atoms with E-state index in [4.69, 9.17) is 9.84 Å². The molecular formula is C12H18F3NO4. The number of carboxylic acids is 1. The number of amides is 1. The normalized spacial score (nSPS) is 23.1. The predicted octanol–water partition coefficient (Wildman–Crippen LogP) is 1.67. The Labute approximate surface area is 114 Å². The average Bonchev–Trinajstić information content (AvgIpc) is 2.80. The van der Waals surface area contributed by atoms with Crippen molar-refractivity contribution in [2.45, 2.75) is 32.4 Å². The third-order valence-electron chi connectivity index (χ3n) is 3.44. The highest BCUT2D eigenvalue weighted by molar-refractivity contribution is 5.82. The summed E-state index contributed by atoms with van der Waals surface area (Å²) in [4.78, 5) is 23.5. The lowest BCUT2D eigenvalue weighted by atomic mass is 9.86. The van der Waals surface area contributed by atoms with Crippen LogP contribution in [0.15, 0.2) is 0 Å². The lowest BCUT2D eigenvalue weighted by molar-refractivity contribution is -0.227. The van der Waals surface area contributed by atoms with Crippen LogP contribution in [-0.4, -0.2) is 54.4 Å². The fraction of sp³-hybridized carbons (Fsp3) is 0.833. The number of unbranched alkanes of at least 4 members (excludes halogenated alkanes) is 1. The fourth-order valence-electron chi connectivity index (χ4n) is 2.05. The largest absolute Gasteiger partial charge is 0.481 e. The number of likely N-dealkylation sites (tertiary alicyclic amines) is 1. The Morgan fingerprint density at radius 1 is 1.40 bits per heavy atom. The van der Waals surface area contributed by atoms with Crippen LogP contribution >= 0.6 is 0 Å². The number of halogens is 3. The van der Waals surface area contributed by atoms with Crippen molar-refractivity contribution in [1.82, 2.24) is 4.90 Å². The molecule has 0 aromatic rings. The lowest BCUT2D eigenvalue weighted by Gasteiger charge is -2.27. The number of rotatable bonds is 6. The molecule has 116 valence electrons. The van der Waals surface area contributed by atoms with Crippen molar-refractivity contribution in [3.8, 4) is 0 Å². The Morgan fingerprint density at radius 3 is 2.50 bits per heavy atom. The monoisotopic (exact) mass is 297 g/mol. The molecule has 0 aromatic heterocycles. The molecule has 0 bridgehead atoms. The Balaban J connectivity index is 2.61. The highest BCUT2D eigenvalue weighted by atomic mass is 19.4. The second kappa shape index (κ2) is 6.43. The number of hydrogen-bond donors (Lipinski definition) is 1. The number of alkyl halides is 3. The van der Waals surface area contributed by atoms with Gasteiger partial charge in [-0.3, -0.25) is 9.59 Å². The third kappa shape index (κ3) is 3.41. The zero-order chi connectivity index (χ0) is 15.4. The maximum Gasteiger partial charge on any atom is 0.406 e. The van der Waals surface area contributed by atoms with E-state index < -0.39 is 36.4 Å². The zero-order valence-corrected chi connectivity index (χ0v) is 11.2. The van der Waals surface area contributed by atoms with E-state index in [1.54, 1.807) is 0 Å². The highest BCUT2D eigenvalue weighted by Crippen LogP contribution is 2.45. The standard InChI is InChI=1S/C12H18F3NO4/c1-2-3-6-20-7-9(17)16-5-4-11(8-16,10(18)19)12(13,14)15/h2-8H2,1H3,(H,18,19). The number of carbonyl (C=O) groups excluding carboxylic acids is 1. The van der Waals surface area contributed by atoms with E-state index in [2.05, 4.69) is 0 Å². The van der Waals surface area contributed by atoms with Crippen molar-refractivity contribution in [3.63, 3.8) is 0 Å². The molecule has 0 aliphatic carbocycles. The minimum absolute atomic E-state index is 0.220. The summed E-state index contributed by atoms with van der Waals surface area (Å²) >= 11 is 0. The maximum absolute atomic E-state index is 12.9. The van der Waals surface area contributed by atoms with E-state index >= 15 is 0 Å². The number of nitrogens with zero attached hydrogens (tertiary/aromatic N) is 1. The van der Waals surface area contributed by atoms with Crippen molar-refractivity contribution < 1.29 is 32.6 Å². The summed E-state index contributed by atoms with van der Waals surface area (Å²) in [5.74, 6) is -2.54. The van der Waals surface area contributed by atoms with E-state index in [1.165, 1.54) is 0 Å². The fourth-order valence-corrected chi connectivity index (χ4v) is 2.05. The SMILES string of the molecule is CCCCOCC(=O)N1CCC(C(=O)O)(C(F)(F)F)C1. The summed E-state index contributed by atoms with van der Waals surface area (Å²) in [5, 5.41) is 8.86. The van der Waals surface area contributed by atoms with Crippen LogP contribution < -0.4 is 0 Å². The minimum Gasteiger partial charge on any atom is -0.481 e. The van der Waals surface area contributed by atoms with E-state index in [1.807, 2.05) is 6.92 Å². The van der Waals surface area contributed by atoms with Crippen molar-refractivity contribution >= 4 is 11.9 Å². The Hall–Kier alpha value is -1.31. The molecule has 20 heavy (non-hydrogen) atoms. The first-order valence-corrected chi connectivity index (χ1v) is 6.40. The van der Waals surface area contributed by atoms with Crippen molar-refractivity contribution in [2.24, 2.45) is 5.41 Å². The van der Waals surface area contributed by atoms with E-state index in [0.717, 1.165) is 17.7 Å². The molecule has 0 spiro atoms. The van der Waals surface area contributed by atoms with Gasteiger partial charge in [0.2, 0.25) is 5.91 Å². The molecule has 0 radical (unpaired) electrons. The van der Waals surface area contributed by atoms with Gasteiger partial charge in [-0.2, -0.15) is 13.2 Å². The van der Waals surface area contributed by atoms with Crippen LogP contribution in [0.5, 0.6) is 0 Å². The van der Waals surface area contributed by atoms with Gasteiger partial charge >= 0.3 is 12.1 Å². The Morgan fingerprint density at radius 2 is 2.05 bits per heavy atom.